The lowest BCUT2D eigenvalue weighted by Gasteiger charge is -2.16. The molecule has 0 unspecified atom stereocenters. The lowest BCUT2D eigenvalue weighted by atomic mass is 10.2. The highest BCUT2D eigenvalue weighted by Gasteiger charge is 2.16. The highest BCUT2D eigenvalue weighted by Crippen LogP contribution is 2.30. The molecule has 2 aromatic rings. The number of nitrogens with one attached hydrogen (secondary N) is 1. The molecule has 0 spiro atoms. The van der Waals surface area contributed by atoms with Crippen molar-refractivity contribution in [2.24, 2.45) is 0 Å². The number of amides is 1. The van der Waals surface area contributed by atoms with Gasteiger partial charge in [0.2, 0.25) is 0 Å². The van der Waals surface area contributed by atoms with Gasteiger partial charge in [0.25, 0.3) is 5.91 Å². The average Bonchev–Trinajstić information content (AvgIpc) is 2.57. The fourth-order valence-electron chi connectivity index (χ4n) is 2.11. The minimum absolute atomic E-state index is 0.269. The predicted octanol–water partition coefficient (Wildman–Crippen LogP) is 4.07. The molecule has 2 rings (SSSR count). The van der Waals surface area contributed by atoms with Gasteiger partial charge in [0.05, 0.1) is 14.2 Å². The third-order valence-electron chi connectivity index (χ3n) is 3.46. The number of rotatable bonds is 6. The van der Waals surface area contributed by atoms with Crippen molar-refractivity contribution < 1.29 is 19.0 Å². The summed E-state index contributed by atoms with van der Waals surface area (Å²) < 4.78 is 16.0. The third-order valence-corrected chi connectivity index (χ3v) is 3.89. The van der Waals surface area contributed by atoms with Crippen molar-refractivity contribution in [3.63, 3.8) is 0 Å². The quantitative estimate of drug-likeness (QED) is 0.854. The molecular weight excluding hydrogens is 330 g/mol. The standard InChI is InChI=1S/C18H20ClNO4/c1-11-9-14(6-7-15(11)19)24-12(2)18(21)20-13-5-8-16(22-3)17(10-13)23-4/h5-10,12H,1-4H3,(H,20,21)/t12-/m1/s1. The van der Waals surface area contributed by atoms with E-state index in [4.69, 9.17) is 25.8 Å². The zero-order valence-electron chi connectivity index (χ0n) is 14.1. The Kier molecular flexibility index (Phi) is 5.93. The normalized spacial score (nSPS) is 11.5. The smallest absolute Gasteiger partial charge is 0.265 e. The lowest BCUT2D eigenvalue weighted by Crippen LogP contribution is -2.30. The summed E-state index contributed by atoms with van der Waals surface area (Å²) in [5.74, 6) is 1.45. The Balaban J connectivity index is 2.04. The number of hydrogen-bond acceptors (Lipinski definition) is 4. The van der Waals surface area contributed by atoms with Gasteiger partial charge in [0, 0.05) is 16.8 Å². The van der Waals surface area contributed by atoms with Gasteiger partial charge in [-0.05, 0) is 49.7 Å². The van der Waals surface area contributed by atoms with Crippen molar-refractivity contribution in [1.29, 1.82) is 0 Å². The first-order valence-corrected chi connectivity index (χ1v) is 7.78. The predicted molar refractivity (Wildman–Crippen MR) is 94.5 cm³/mol. The van der Waals surface area contributed by atoms with E-state index >= 15 is 0 Å². The fourth-order valence-corrected chi connectivity index (χ4v) is 2.22. The summed E-state index contributed by atoms with van der Waals surface area (Å²) in [6, 6.07) is 10.4. The van der Waals surface area contributed by atoms with Gasteiger partial charge in [-0.25, -0.2) is 0 Å². The lowest BCUT2D eigenvalue weighted by molar-refractivity contribution is -0.122. The van der Waals surface area contributed by atoms with Gasteiger partial charge < -0.3 is 19.5 Å². The SMILES string of the molecule is COc1ccc(NC(=O)[C@@H](C)Oc2ccc(Cl)c(C)c2)cc1OC. The van der Waals surface area contributed by atoms with Crippen LogP contribution in [-0.2, 0) is 4.79 Å². The van der Waals surface area contributed by atoms with Crippen molar-refractivity contribution >= 4 is 23.2 Å². The summed E-state index contributed by atoms with van der Waals surface area (Å²) in [7, 11) is 3.10. The molecule has 1 atom stereocenters. The van der Waals surface area contributed by atoms with E-state index in [-0.39, 0.29) is 5.91 Å². The molecule has 1 amide bonds. The number of methoxy groups -OCH3 is 2. The van der Waals surface area contributed by atoms with Crippen molar-refractivity contribution in [3.8, 4) is 17.2 Å². The van der Waals surface area contributed by atoms with Crippen molar-refractivity contribution in [2.45, 2.75) is 20.0 Å². The van der Waals surface area contributed by atoms with Crippen LogP contribution in [0.2, 0.25) is 5.02 Å². The number of carbonyl (C=O) groups is 1. The maximum Gasteiger partial charge on any atom is 0.265 e. The fraction of sp³-hybridized carbons (Fsp3) is 0.278. The van der Waals surface area contributed by atoms with Crippen LogP contribution < -0.4 is 19.5 Å². The van der Waals surface area contributed by atoms with Crippen LogP contribution in [0.25, 0.3) is 0 Å². The van der Waals surface area contributed by atoms with Gasteiger partial charge >= 0.3 is 0 Å². The second-order valence-electron chi connectivity index (χ2n) is 5.23. The van der Waals surface area contributed by atoms with Crippen LogP contribution in [0.1, 0.15) is 12.5 Å². The summed E-state index contributed by atoms with van der Waals surface area (Å²) in [5, 5.41) is 3.45. The minimum atomic E-state index is -0.668. The van der Waals surface area contributed by atoms with Crippen molar-refractivity contribution in [2.75, 3.05) is 19.5 Å². The van der Waals surface area contributed by atoms with E-state index < -0.39 is 6.10 Å². The number of carbonyl (C=O) groups excluding carboxylic acids is 1. The first-order valence-electron chi connectivity index (χ1n) is 7.40. The summed E-state index contributed by atoms with van der Waals surface area (Å²) >= 11 is 5.98. The first kappa shape index (κ1) is 17.9. The Morgan fingerprint density at radius 1 is 1.08 bits per heavy atom. The van der Waals surface area contributed by atoms with E-state index in [9.17, 15) is 4.79 Å². The van der Waals surface area contributed by atoms with Crippen LogP contribution in [0.3, 0.4) is 0 Å². The van der Waals surface area contributed by atoms with Crippen LogP contribution in [0, 0.1) is 6.92 Å². The second kappa shape index (κ2) is 7.93. The molecule has 0 aliphatic rings. The molecule has 0 fully saturated rings. The molecule has 0 radical (unpaired) electrons. The maximum absolute atomic E-state index is 12.3. The number of halogens is 1. The average molecular weight is 350 g/mol. The van der Waals surface area contributed by atoms with Gasteiger partial charge in [-0.2, -0.15) is 0 Å². The summed E-state index contributed by atoms with van der Waals surface area (Å²) in [6.45, 7) is 3.56. The molecule has 0 heterocycles. The zero-order chi connectivity index (χ0) is 17.7. The Bertz CT molecular complexity index is 733. The van der Waals surface area contributed by atoms with Gasteiger partial charge in [-0.15, -0.1) is 0 Å². The molecule has 2 aromatic carbocycles. The van der Waals surface area contributed by atoms with E-state index in [1.54, 1.807) is 50.4 Å². The summed E-state index contributed by atoms with van der Waals surface area (Å²) in [4.78, 5) is 12.3. The van der Waals surface area contributed by atoms with Crippen molar-refractivity contribution in [1.82, 2.24) is 0 Å². The molecule has 0 aliphatic heterocycles. The second-order valence-corrected chi connectivity index (χ2v) is 5.64. The number of benzene rings is 2. The van der Waals surface area contributed by atoms with Gasteiger partial charge in [-0.1, -0.05) is 11.6 Å². The first-order chi connectivity index (χ1) is 11.4. The van der Waals surface area contributed by atoms with Gasteiger partial charge in [-0.3, -0.25) is 4.79 Å². The topological polar surface area (TPSA) is 56.8 Å². The van der Waals surface area contributed by atoms with Gasteiger partial charge in [0.1, 0.15) is 5.75 Å². The van der Waals surface area contributed by atoms with Crippen LogP contribution in [0.5, 0.6) is 17.2 Å². The van der Waals surface area contributed by atoms with E-state index in [0.29, 0.717) is 28.0 Å². The summed E-state index contributed by atoms with van der Waals surface area (Å²) in [6.07, 6.45) is -0.668. The number of ether oxygens (including phenoxy) is 3. The van der Waals surface area contributed by atoms with Gasteiger partial charge in [0.15, 0.2) is 17.6 Å². The molecule has 24 heavy (non-hydrogen) atoms. The van der Waals surface area contributed by atoms with E-state index in [1.165, 1.54) is 7.11 Å². The zero-order valence-corrected chi connectivity index (χ0v) is 14.8. The summed E-state index contributed by atoms with van der Waals surface area (Å²) in [5.41, 5.74) is 1.49. The largest absolute Gasteiger partial charge is 0.493 e. The van der Waals surface area contributed by atoms with Crippen LogP contribution >= 0.6 is 11.6 Å². The Morgan fingerprint density at radius 3 is 2.42 bits per heavy atom. The number of aryl methyl sites for hydroxylation is 1. The Hall–Kier alpha value is -2.40. The Labute approximate surface area is 146 Å². The van der Waals surface area contributed by atoms with Crippen LogP contribution in [0.4, 0.5) is 5.69 Å². The molecule has 6 heteroatoms. The monoisotopic (exact) mass is 349 g/mol. The van der Waals surface area contributed by atoms with E-state index in [0.717, 1.165) is 5.56 Å². The molecule has 0 saturated heterocycles. The maximum atomic E-state index is 12.3. The molecule has 5 nitrogen and oxygen atoms in total. The molecular formula is C18H20ClNO4. The molecule has 0 aliphatic carbocycles. The number of hydrogen-bond donors (Lipinski definition) is 1. The molecule has 0 saturated carbocycles. The van der Waals surface area contributed by atoms with E-state index in [1.807, 2.05) is 6.92 Å². The molecule has 0 bridgehead atoms. The highest BCUT2D eigenvalue weighted by molar-refractivity contribution is 6.31. The van der Waals surface area contributed by atoms with Crippen molar-refractivity contribution in [3.05, 3.63) is 47.0 Å². The Morgan fingerprint density at radius 2 is 1.79 bits per heavy atom. The van der Waals surface area contributed by atoms with Crippen LogP contribution in [-0.4, -0.2) is 26.2 Å². The highest BCUT2D eigenvalue weighted by atomic mass is 35.5. The number of anilines is 1. The van der Waals surface area contributed by atoms with Crippen LogP contribution in [0.15, 0.2) is 36.4 Å². The molecule has 1 N–H and O–H groups in total. The molecule has 0 aromatic heterocycles. The van der Waals surface area contributed by atoms with E-state index in [2.05, 4.69) is 5.32 Å². The molecule has 128 valence electrons. The minimum Gasteiger partial charge on any atom is -0.493 e. The third kappa shape index (κ3) is 4.32.